The van der Waals surface area contributed by atoms with Crippen LogP contribution in [0.15, 0.2) is 18.2 Å². The first-order valence-corrected chi connectivity index (χ1v) is 12.8. The molecule has 2 atom stereocenters. The van der Waals surface area contributed by atoms with Crippen LogP contribution in [0, 0.1) is 13.8 Å². The van der Waals surface area contributed by atoms with Gasteiger partial charge in [-0.2, -0.15) is 0 Å². The smallest absolute Gasteiger partial charge is 0.472 e. The molecule has 0 heterocycles. The van der Waals surface area contributed by atoms with Gasteiger partial charge in [0.15, 0.2) is 0 Å². The van der Waals surface area contributed by atoms with Gasteiger partial charge in [-0.05, 0) is 49.9 Å². The molecule has 0 aromatic heterocycles. The lowest BCUT2D eigenvalue weighted by Gasteiger charge is -2.29. The lowest BCUT2D eigenvalue weighted by Crippen LogP contribution is -2.42. The molecule has 33 heavy (non-hydrogen) atoms. The van der Waals surface area contributed by atoms with Gasteiger partial charge >= 0.3 is 13.8 Å². The van der Waals surface area contributed by atoms with Crippen molar-refractivity contribution < 1.29 is 43.1 Å². The van der Waals surface area contributed by atoms with Crippen LogP contribution in [0.1, 0.15) is 56.1 Å². The van der Waals surface area contributed by atoms with Crippen LogP contribution in [0.3, 0.4) is 0 Å². The molecule has 0 amide bonds. The molecule has 0 aliphatic carbocycles. The Morgan fingerprint density at radius 2 is 1.58 bits per heavy atom. The molecule has 0 aliphatic rings. The van der Waals surface area contributed by atoms with Crippen LogP contribution in [0.4, 0.5) is 0 Å². The van der Waals surface area contributed by atoms with E-state index in [1.807, 2.05) is 27.2 Å². The van der Waals surface area contributed by atoms with Gasteiger partial charge in [-0.15, -0.1) is 0 Å². The molecule has 1 aromatic carbocycles. The fourth-order valence-electron chi connectivity index (χ4n) is 3.24. The SMILES string of the molecule is Cc1ccc(OCCCCCCCCOP(=O)(O)OC(CC(=O)O)C[N+](C)(C)C)cc1C.[OH-]. The zero-order chi connectivity index (χ0) is 24.2. The summed E-state index contributed by atoms with van der Waals surface area (Å²) in [5.41, 5.74) is 2.49. The van der Waals surface area contributed by atoms with Crippen molar-refractivity contribution in [3.05, 3.63) is 29.3 Å². The molecule has 0 bridgehead atoms. The number of quaternary nitrogens is 1. The number of carboxylic acids is 1. The largest absolute Gasteiger partial charge is 0.870 e. The highest BCUT2D eigenvalue weighted by molar-refractivity contribution is 7.47. The number of aliphatic carboxylic acids is 1. The van der Waals surface area contributed by atoms with Gasteiger partial charge in [-0.25, -0.2) is 4.57 Å². The number of phosphoric acid groups is 1. The van der Waals surface area contributed by atoms with Gasteiger partial charge in [0, 0.05) is 0 Å². The summed E-state index contributed by atoms with van der Waals surface area (Å²) >= 11 is 0. The maximum atomic E-state index is 12.2. The number of unbranched alkanes of at least 4 members (excludes halogenated alkanes) is 5. The molecule has 0 fully saturated rings. The maximum absolute atomic E-state index is 12.2. The first-order valence-electron chi connectivity index (χ1n) is 11.3. The molecular formula is C23H42NO8P. The average molecular weight is 492 g/mol. The number of hydrogen-bond acceptors (Lipinski definition) is 6. The average Bonchev–Trinajstić information content (AvgIpc) is 2.63. The monoisotopic (exact) mass is 491 g/mol. The summed E-state index contributed by atoms with van der Waals surface area (Å²) in [4.78, 5) is 20.9. The molecule has 0 saturated heterocycles. The van der Waals surface area contributed by atoms with Crippen LogP contribution >= 0.6 is 7.82 Å². The molecule has 2 unspecified atom stereocenters. The van der Waals surface area contributed by atoms with E-state index < -0.39 is 19.9 Å². The Bertz CT molecular complexity index is 750. The fourth-order valence-corrected chi connectivity index (χ4v) is 4.18. The minimum Gasteiger partial charge on any atom is -0.870 e. The van der Waals surface area contributed by atoms with Crippen molar-refractivity contribution in [2.45, 2.75) is 64.9 Å². The van der Waals surface area contributed by atoms with Gasteiger partial charge < -0.3 is 24.7 Å². The van der Waals surface area contributed by atoms with Crippen molar-refractivity contribution in [2.75, 3.05) is 40.9 Å². The van der Waals surface area contributed by atoms with Crippen LogP contribution < -0.4 is 4.74 Å². The number of nitrogens with zero attached hydrogens (tertiary/aromatic N) is 1. The normalized spacial score (nSPS) is 14.2. The Hall–Kier alpha value is -1.48. The molecule has 9 nitrogen and oxygen atoms in total. The van der Waals surface area contributed by atoms with Gasteiger partial charge in [0.1, 0.15) is 18.4 Å². The van der Waals surface area contributed by atoms with Crippen LogP contribution in [-0.2, 0) is 18.4 Å². The van der Waals surface area contributed by atoms with E-state index in [-0.39, 0.29) is 25.0 Å². The van der Waals surface area contributed by atoms with Crippen molar-refractivity contribution in [2.24, 2.45) is 0 Å². The third kappa shape index (κ3) is 15.9. The highest BCUT2D eigenvalue weighted by Gasteiger charge is 2.31. The second-order valence-electron chi connectivity index (χ2n) is 9.32. The van der Waals surface area contributed by atoms with Crippen LogP contribution in [0.2, 0.25) is 0 Å². The summed E-state index contributed by atoms with van der Waals surface area (Å²) in [6, 6.07) is 6.13. The number of carbonyl (C=O) groups is 1. The number of rotatable bonds is 17. The third-order valence-corrected chi connectivity index (χ3v) is 6.05. The van der Waals surface area contributed by atoms with Crippen molar-refractivity contribution in [1.82, 2.24) is 0 Å². The summed E-state index contributed by atoms with van der Waals surface area (Å²) in [5.74, 6) is -0.171. The van der Waals surface area contributed by atoms with Crippen molar-refractivity contribution in [3.63, 3.8) is 0 Å². The lowest BCUT2D eigenvalue weighted by atomic mass is 10.1. The molecule has 1 rings (SSSR count). The highest BCUT2D eigenvalue weighted by atomic mass is 31.2. The molecule has 192 valence electrons. The van der Waals surface area contributed by atoms with Crippen LogP contribution in [0.25, 0.3) is 0 Å². The predicted molar refractivity (Wildman–Crippen MR) is 127 cm³/mol. The Kier molecular flexibility index (Phi) is 14.7. The molecule has 0 radical (unpaired) electrons. The highest BCUT2D eigenvalue weighted by Crippen LogP contribution is 2.45. The van der Waals surface area contributed by atoms with Crippen LogP contribution in [0.5, 0.6) is 5.75 Å². The van der Waals surface area contributed by atoms with Crippen molar-refractivity contribution in [1.29, 1.82) is 0 Å². The van der Waals surface area contributed by atoms with E-state index in [1.54, 1.807) is 0 Å². The number of phosphoric ester groups is 1. The molecule has 0 aliphatic heterocycles. The van der Waals surface area contributed by atoms with Gasteiger partial charge in [-0.1, -0.05) is 31.7 Å². The summed E-state index contributed by atoms with van der Waals surface area (Å²) in [6.45, 7) is 5.25. The number of benzene rings is 1. The van der Waals surface area contributed by atoms with Crippen molar-refractivity contribution in [3.8, 4) is 5.75 Å². The number of ether oxygens (including phenoxy) is 1. The Morgan fingerprint density at radius 3 is 2.12 bits per heavy atom. The molecule has 0 spiro atoms. The van der Waals surface area contributed by atoms with E-state index in [0.29, 0.717) is 17.5 Å². The number of carboxylic acid groups (broad SMARTS) is 1. The number of likely N-dealkylation sites (N-methyl/N-ethyl adjacent to an activating group) is 1. The Labute approximate surface area is 198 Å². The zero-order valence-corrected chi connectivity index (χ0v) is 21.6. The summed E-state index contributed by atoms with van der Waals surface area (Å²) < 4.78 is 28.5. The van der Waals surface area contributed by atoms with Gasteiger partial charge in [0.25, 0.3) is 0 Å². The van der Waals surface area contributed by atoms with E-state index in [2.05, 4.69) is 26.0 Å². The Balaban J connectivity index is 0.0000102. The molecule has 1 aromatic rings. The molecule has 0 saturated carbocycles. The third-order valence-electron chi connectivity index (χ3n) is 4.98. The van der Waals surface area contributed by atoms with Gasteiger partial charge in [-0.3, -0.25) is 13.8 Å². The van der Waals surface area contributed by atoms with Gasteiger partial charge in [0.05, 0.1) is 40.8 Å². The van der Waals surface area contributed by atoms with E-state index in [4.69, 9.17) is 18.9 Å². The Morgan fingerprint density at radius 1 is 1.00 bits per heavy atom. The lowest BCUT2D eigenvalue weighted by molar-refractivity contribution is -0.873. The fraction of sp³-hybridized carbons (Fsp3) is 0.696. The molecular weight excluding hydrogens is 449 g/mol. The van der Waals surface area contributed by atoms with E-state index >= 15 is 0 Å². The minimum absolute atomic E-state index is 0. The number of aryl methyl sites for hydroxylation is 2. The quantitative estimate of drug-likeness (QED) is 0.185. The van der Waals surface area contributed by atoms with Gasteiger partial charge in [0.2, 0.25) is 0 Å². The first kappa shape index (κ1) is 31.5. The molecule has 3 N–H and O–H groups in total. The zero-order valence-electron chi connectivity index (χ0n) is 20.7. The van der Waals surface area contributed by atoms with E-state index in [0.717, 1.165) is 37.9 Å². The standard InChI is InChI=1S/C23H40NO7P.H2O/c1-19-12-13-21(16-20(19)2)29-14-10-8-6-7-9-11-15-30-32(27,28)31-22(17-23(25)26)18-24(3,4)5;/h12-13,16,22H,6-11,14-15,17-18H2,1-5H3,(H-,25,26,27,28);1H2. The second kappa shape index (κ2) is 15.4. The summed E-state index contributed by atoms with van der Waals surface area (Å²) in [6.07, 6.45) is 4.41. The first-order chi connectivity index (χ1) is 14.9. The van der Waals surface area contributed by atoms with E-state index in [9.17, 15) is 14.3 Å². The van der Waals surface area contributed by atoms with Crippen molar-refractivity contribution >= 4 is 13.8 Å². The molecule has 10 heteroatoms. The van der Waals surface area contributed by atoms with E-state index in [1.165, 1.54) is 11.1 Å². The number of hydrogen-bond donors (Lipinski definition) is 2. The predicted octanol–water partition coefficient (Wildman–Crippen LogP) is 4.53. The maximum Gasteiger partial charge on any atom is 0.472 e. The summed E-state index contributed by atoms with van der Waals surface area (Å²) in [7, 11) is 1.29. The topological polar surface area (TPSA) is 132 Å². The minimum atomic E-state index is -4.29. The second-order valence-corrected chi connectivity index (χ2v) is 10.7. The summed E-state index contributed by atoms with van der Waals surface area (Å²) in [5, 5.41) is 9.00. The van der Waals surface area contributed by atoms with Crippen LogP contribution in [-0.4, -0.2) is 72.9 Å².